The lowest BCUT2D eigenvalue weighted by atomic mass is 9.96. The van der Waals surface area contributed by atoms with Crippen molar-refractivity contribution in [3.63, 3.8) is 0 Å². The molecule has 4 unspecified atom stereocenters. The number of aliphatic hydroxyl groups excluding tert-OH is 1. The number of aromatic nitrogens is 4. The first-order valence-electron chi connectivity index (χ1n) is 12.8. The number of nitrogens with one attached hydrogen (secondary N) is 1. The summed E-state index contributed by atoms with van der Waals surface area (Å²) >= 11 is 5.95. The van der Waals surface area contributed by atoms with Gasteiger partial charge in [-0.05, 0) is 51.0 Å². The van der Waals surface area contributed by atoms with Crippen molar-refractivity contribution in [1.82, 2.24) is 24.6 Å². The molecular formula is C24H31ClN7O8P. The van der Waals surface area contributed by atoms with E-state index in [-0.39, 0.29) is 11.9 Å². The Morgan fingerprint density at radius 2 is 2.05 bits per heavy atom. The second-order valence-corrected chi connectivity index (χ2v) is 12.3. The van der Waals surface area contributed by atoms with E-state index in [1.807, 2.05) is 0 Å². The van der Waals surface area contributed by atoms with Crippen molar-refractivity contribution < 1.29 is 38.1 Å². The topological polar surface area (TPSA) is 196 Å². The zero-order valence-electron chi connectivity index (χ0n) is 22.5. The summed E-state index contributed by atoms with van der Waals surface area (Å²) in [5.41, 5.74) is -1.20. The molecule has 1 saturated heterocycles. The fourth-order valence-corrected chi connectivity index (χ4v) is 5.91. The SMILES string of the molecule is CC(NP(=O)(OCC1OC(n2cnc3c(N(C)N)ncnc32)[C@](C)(O)[C@@H]1O)Oc1ccc(Cl)cc1)C(=O)OC1CC1. The van der Waals surface area contributed by atoms with Crippen LogP contribution >= 0.6 is 19.3 Å². The summed E-state index contributed by atoms with van der Waals surface area (Å²) in [6.45, 7) is 2.35. The van der Waals surface area contributed by atoms with Gasteiger partial charge in [0.05, 0.1) is 12.9 Å². The Balaban J connectivity index is 1.35. The summed E-state index contributed by atoms with van der Waals surface area (Å²) in [5.74, 6) is 5.71. The van der Waals surface area contributed by atoms with Crippen LogP contribution in [0.15, 0.2) is 36.9 Å². The van der Waals surface area contributed by atoms with Gasteiger partial charge >= 0.3 is 13.7 Å². The van der Waals surface area contributed by atoms with Crippen molar-refractivity contribution in [3.05, 3.63) is 41.9 Å². The smallest absolute Gasteiger partial charge is 0.459 e. The van der Waals surface area contributed by atoms with E-state index in [0.717, 1.165) is 12.8 Å². The Morgan fingerprint density at radius 1 is 1.34 bits per heavy atom. The molecule has 6 atom stereocenters. The minimum atomic E-state index is -4.27. The Kier molecular flexibility index (Phi) is 8.25. The molecule has 2 fully saturated rings. The number of imidazole rings is 1. The molecule has 0 spiro atoms. The first kappa shape index (κ1) is 29.6. The van der Waals surface area contributed by atoms with Gasteiger partial charge in [-0.25, -0.2) is 25.4 Å². The number of esters is 1. The van der Waals surface area contributed by atoms with Crippen LogP contribution in [0, 0.1) is 0 Å². The van der Waals surface area contributed by atoms with E-state index in [4.69, 9.17) is 36.0 Å². The van der Waals surface area contributed by atoms with Gasteiger partial charge in [-0.15, -0.1) is 0 Å². The summed E-state index contributed by atoms with van der Waals surface area (Å²) in [6.07, 6.45) is 0.210. The molecule has 3 aromatic rings. The van der Waals surface area contributed by atoms with Gasteiger partial charge in [0.2, 0.25) is 0 Å². The Bertz CT molecular complexity index is 1450. The van der Waals surface area contributed by atoms with Crippen LogP contribution < -0.4 is 20.5 Å². The van der Waals surface area contributed by atoms with Crippen molar-refractivity contribution >= 4 is 42.3 Å². The highest BCUT2D eigenvalue weighted by molar-refractivity contribution is 7.52. The third-order valence-corrected chi connectivity index (χ3v) is 8.54. The molecule has 3 heterocycles. The van der Waals surface area contributed by atoms with Gasteiger partial charge in [-0.1, -0.05) is 11.6 Å². The second kappa shape index (κ2) is 11.4. The van der Waals surface area contributed by atoms with Crippen molar-refractivity contribution in [1.29, 1.82) is 0 Å². The third-order valence-electron chi connectivity index (χ3n) is 6.64. The number of hydrogen-bond donors (Lipinski definition) is 4. The number of nitrogens with zero attached hydrogens (tertiary/aromatic N) is 5. The van der Waals surface area contributed by atoms with E-state index in [1.165, 1.54) is 60.3 Å². The molecule has 17 heteroatoms. The van der Waals surface area contributed by atoms with Crippen LogP contribution in [0.5, 0.6) is 5.75 Å². The second-order valence-electron chi connectivity index (χ2n) is 10.2. The van der Waals surface area contributed by atoms with Crippen molar-refractivity contribution in [2.45, 2.75) is 62.9 Å². The molecule has 1 aliphatic carbocycles. The van der Waals surface area contributed by atoms with Crippen molar-refractivity contribution in [3.8, 4) is 5.75 Å². The van der Waals surface area contributed by atoms with Crippen LogP contribution in [0.4, 0.5) is 5.82 Å². The molecule has 1 aromatic carbocycles. The molecule has 5 N–H and O–H groups in total. The van der Waals surface area contributed by atoms with Crippen LogP contribution in [-0.4, -0.2) is 79.3 Å². The van der Waals surface area contributed by atoms with Gasteiger partial charge in [0.15, 0.2) is 23.2 Å². The highest BCUT2D eigenvalue weighted by Gasteiger charge is 2.54. The van der Waals surface area contributed by atoms with Gasteiger partial charge in [0.1, 0.15) is 42.0 Å². The number of benzene rings is 1. The summed E-state index contributed by atoms with van der Waals surface area (Å²) < 4.78 is 37.9. The summed E-state index contributed by atoms with van der Waals surface area (Å²) in [6, 6.07) is 4.97. The van der Waals surface area contributed by atoms with Crippen molar-refractivity contribution in [2.24, 2.45) is 5.84 Å². The monoisotopic (exact) mass is 611 g/mol. The molecule has 1 saturated carbocycles. The molecule has 2 aromatic heterocycles. The van der Waals surface area contributed by atoms with Gasteiger partial charge < -0.3 is 24.2 Å². The average molecular weight is 612 g/mol. The Morgan fingerprint density at radius 3 is 2.71 bits per heavy atom. The molecular weight excluding hydrogens is 581 g/mol. The fourth-order valence-electron chi connectivity index (χ4n) is 4.28. The maximum absolute atomic E-state index is 13.9. The zero-order chi connectivity index (χ0) is 29.5. The lowest BCUT2D eigenvalue weighted by Crippen LogP contribution is -2.44. The Hall–Kier alpha value is -2.88. The van der Waals surface area contributed by atoms with Crippen LogP contribution in [0.1, 0.15) is 32.9 Å². The third kappa shape index (κ3) is 6.32. The van der Waals surface area contributed by atoms with Gasteiger partial charge in [-0.3, -0.25) is 18.9 Å². The first-order valence-corrected chi connectivity index (χ1v) is 14.7. The number of aliphatic hydroxyl groups is 2. The molecule has 0 radical (unpaired) electrons. The number of carbonyl (C=O) groups is 1. The fraction of sp³-hybridized carbons (Fsp3) is 0.500. The van der Waals surface area contributed by atoms with Crippen LogP contribution in [0.25, 0.3) is 11.2 Å². The number of halogens is 1. The van der Waals surface area contributed by atoms with E-state index in [0.29, 0.717) is 22.0 Å². The molecule has 0 bridgehead atoms. The number of hydrazine groups is 1. The van der Waals surface area contributed by atoms with Gasteiger partial charge in [-0.2, -0.15) is 5.09 Å². The van der Waals surface area contributed by atoms with E-state index in [1.54, 1.807) is 7.05 Å². The maximum Gasteiger partial charge on any atom is 0.459 e. The molecule has 5 rings (SSSR count). The zero-order valence-corrected chi connectivity index (χ0v) is 24.1. The highest BCUT2D eigenvalue weighted by Crippen LogP contribution is 2.47. The molecule has 0 amide bonds. The molecule has 1 aliphatic heterocycles. The number of rotatable bonds is 11. The maximum atomic E-state index is 13.9. The van der Waals surface area contributed by atoms with Crippen LogP contribution in [-0.2, 0) is 23.4 Å². The minimum Gasteiger partial charge on any atom is -0.461 e. The number of anilines is 1. The van der Waals surface area contributed by atoms with Crippen LogP contribution in [0.2, 0.25) is 5.02 Å². The molecule has 41 heavy (non-hydrogen) atoms. The van der Waals surface area contributed by atoms with E-state index in [9.17, 15) is 19.6 Å². The lowest BCUT2D eigenvalue weighted by molar-refractivity contribution is -0.146. The standard InChI is InChI=1S/C24H31ClN7O8P/c1-13(22(34)38-15-8-9-15)30-41(36,40-16-6-4-14(25)5-7-16)37-10-17-19(33)24(2,35)23(39-17)32-12-29-18-20(31(3)26)27-11-28-21(18)32/h4-7,11-13,15,17,19,23,33,35H,8-10,26H2,1-3H3,(H,30,36)/t13?,17?,19-,23?,24-,41?/m1/s1. The molecule has 222 valence electrons. The molecule has 2 aliphatic rings. The van der Waals surface area contributed by atoms with Crippen molar-refractivity contribution in [2.75, 3.05) is 18.7 Å². The predicted octanol–water partition coefficient (Wildman–Crippen LogP) is 1.69. The summed E-state index contributed by atoms with van der Waals surface area (Å²) in [4.78, 5) is 25.1. The normalized spacial score (nSPS) is 26.5. The lowest BCUT2D eigenvalue weighted by Gasteiger charge is -2.27. The van der Waals surface area contributed by atoms with E-state index in [2.05, 4.69) is 20.0 Å². The number of hydrogen-bond acceptors (Lipinski definition) is 13. The summed E-state index contributed by atoms with van der Waals surface area (Å²) in [5, 5.41) is 26.5. The van der Waals surface area contributed by atoms with E-state index < -0.39 is 50.4 Å². The number of fused-ring (bicyclic) bond motifs is 1. The average Bonchev–Trinajstić information content (AvgIpc) is 3.59. The van der Waals surface area contributed by atoms with Gasteiger partial charge in [0.25, 0.3) is 0 Å². The Labute approximate surface area is 240 Å². The van der Waals surface area contributed by atoms with E-state index >= 15 is 0 Å². The quantitative estimate of drug-likeness (QED) is 0.106. The predicted molar refractivity (Wildman–Crippen MR) is 146 cm³/mol. The largest absolute Gasteiger partial charge is 0.461 e. The highest BCUT2D eigenvalue weighted by atomic mass is 35.5. The summed E-state index contributed by atoms with van der Waals surface area (Å²) in [7, 11) is -2.68. The number of nitrogens with two attached hydrogens (primary N) is 1. The number of carbonyl (C=O) groups excluding carboxylic acids is 1. The van der Waals surface area contributed by atoms with Gasteiger partial charge in [0, 0.05) is 12.1 Å². The minimum absolute atomic E-state index is 0.149. The van der Waals surface area contributed by atoms with Crippen LogP contribution in [0.3, 0.4) is 0 Å². The first-order chi connectivity index (χ1) is 19.4. The molecule has 15 nitrogen and oxygen atoms in total. The number of ether oxygens (including phenoxy) is 2.